The molecule has 0 spiro atoms. The number of hydrogen-bond donors (Lipinski definition) is 1. The quantitative estimate of drug-likeness (QED) is 0.738. The van der Waals surface area contributed by atoms with Crippen molar-refractivity contribution in [3.05, 3.63) is 24.3 Å². The van der Waals surface area contributed by atoms with Gasteiger partial charge in [0, 0.05) is 40.0 Å². The predicted molar refractivity (Wildman–Crippen MR) is 94.3 cm³/mol. The van der Waals surface area contributed by atoms with Crippen LogP contribution in [0.1, 0.15) is 6.92 Å². The molecule has 1 amide bonds. The van der Waals surface area contributed by atoms with Crippen LogP contribution in [0.3, 0.4) is 0 Å². The van der Waals surface area contributed by atoms with Gasteiger partial charge in [-0.1, -0.05) is 30.4 Å². The van der Waals surface area contributed by atoms with Crippen LogP contribution >= 0.6 is 0 Å². The van der Waals surface area contributed by atoms with Crippen LogP contribution < -0.4 is 10.5 Å². The van der Waals surface area contributed by atoms with Crippen LogP contribution in [0, 0.1) is 0 Å². The van der Waals surface area contributed by atoms with Gasteiger partial charge in [0.15, 0.2) is 0 Å². The molecular formula is C15H27NO4Si2. The molecule has 1 aromatic rings. The predicted octanol–water partition coefficient (Wildman–Crippen LogP) is 2.44. The molecule has 0 unspecified atom stereocenters. The van der Waals surface area contributed by atoms with Gasteiger partial charge in [-0.3, -0.25) is 4.79 Å². The second-order valence-corrected chi connectivity index (χ2v) is 13.9. The minimum Gasteiger partial charge on any atom is -0.377 e. The van der Waals surface area contributed by atoms with Crippen molar-refractivity contribution in [2.24, 2.45) is 0 Å². The fourth-order valence-electron chi connectivity index (χ4n) is 2.39. The highest BCUT2D eigenvalue weighted by atomic mass is 28.4. The van der Waals surface area contributed by atoms with E-state index in [-0.39, 0.29) is 5.91 Å². The van der Waals surface area contributed by atoms with Crippen LogP contribution in [-0.4, -0.2) is 44.1 Å². The van der Waals surface area contributed by atoms with Gasteiger partial charge < -0.3 is 18.6 Å². The number of carbonyl (C=O) groups is 1. The Morgan fingerprint density at radius 3 is 2.18 bits per heavy atom. The average Bonchev–Trinajstić information content (AvgIpc) is 2.49. The molecule has 0 fully saturated rings. The highest BCUT2D eigenvalue weighted by Gasteiger charge is 2.40. The Labute approximate surface area is 135 Å². The molecule has 5 nitrogen and oxygen atoms in total. The van der Waals surface area contributed by atoms with E-state index in [2.05, 4.69) is 30.5 Å². The number of rotatable bonds is 8. The van der Waals surface area contributed by atoms with Crippen LogP contribution in [-0.2, 0) is 18.1 Å². The summed E-state index contributed by atoms with van der Waals surface area (Å²) >= 11 is 0. The zero-order valence-corrected chi connectivity index (χ0v) is 16.4. The minimum atomic E-state index is -2.53. The van der Waals surface area contributed by atoms with E-state index in [1.165, 1.54) is 12.1 Å². The van der Waals surface area contributed by atoms with Gasteiger partial charge in [0.2, 0.25) is 5.91 Å². The fourth-order valence-corrected chi connectivity index (χ4v) is 8.61. The molecule has 0 radical (unpaired) electrons. The summed E-state index contributed by atoms with van der Waals surface area (Å²) in [4.78, 5) is 11.2. The van der Waals surface area contributed by atoms with Gasteiger partial charge >= 0.3 is 8.80 Å². The summed E-state index contributed by atoms with van der Waals surface area (Å²) in [5, 5.41) is 4.14. The number of anilines is 1. The molecule has 0 heterocycles. The summed E-state index contributed by atoms with van der Waals surface area (Å²) in [5.41, 5.74) is 0.847. The summed E-state index contributed by atoms with van der Waals surface area (Å²) in [6.45, 7) is 6.13. The maximum absolute atomic E-state index is 11.2. The molecule has 0 aromatic heterocycles. The van der Waals surface area contributed by atoms with Gasteiger partial charge in [0.25, 0.3) is 0 Å². The van der Waals surface area contributed by atoms with Crippen LogP contribution in [0.5, 0.6) is 0 Å². The molecule has 22 heavy (non-hydrogen) atoms. The Balaban J connectivity index is 2.87. The second kappa shape index (κ2) is 8.02. The average molecular weight is 342 g/mol. The third kappa shape index (κ3) is 5.03. The van der Waals surface area contributed by atoms with E-state index < -0.39 is 16.9 Å². The molecule has 0 aliphatic rings. The molecule has 1 N–H and O–H groups in total. The zero-order chi connectivity index (χ0) is 16.8. The lowest BCUT2D eigenvalue weighted by molar-refractivity contribution is -0.114. The molecule has 1 rings (SSSR count). The Kier molecular flexibility index (Phi) is 6.95. The molecule has 0 saturated heterocycles. The highest BCUT2D eigenvalue weighted by Crippen LogP contribution is 2.22. The van der Waals surface area contributed by atoms with E-state index in [9.17, 15) is 4.79 Å². The molecule has 1 aromatic carbocycles. The van der Waals surface area contributed by atoms with Crippen molar-refractivity contribution >= 4 is 33.7 Å². The topological polar surface area (TPSA) is 56.8 Å². The van der Waals surface area contributed by atoms with Gasteiger partial charge in [-0.25, -0.2) is 0 Å². The van der Waals surface area contributed by atoms with Crippen LogP contribution in [0.2, 0.25) is 25.2 Å². The summed E-state index contributed by atoms with van der Waals surface area (Å²) in [6.07, 6.45) is 0. The maximum Gasteiger partial charge on any atom is 0.499 e. The maximum atomic E-state index is 11.2. The lowest BCUT2D eigenvalue weighted by Crippen LogP contribution is -2.48. The third-order valence-electron chi connectivity index (χ3n) is 3.95. The molecule has 0 saturated carbocycles. The summed E-state index contributed by atoms with van der Waals surface area (Å²) < 4.78 is 16.5. The van der Waals surface area contributed by atoms with Crippen LogP contribution in [0.25, 0.3) is 0 Å². The summed E-state index contributed by atoms with van der Waals surface area (Å²) in [5.74, 6) is -0.0544. The van der Waals surface area contributed by atoms with Gasteiger partial charge in [-0.2, -0.15) is 0 Å². The first-order chi connectivity index (χ1) is 10.3. The molecule has 0 bridgehead atoms. The van der Waals surface area contributed by atoms with Crippen molar-refractivity contribution in [2.45, 2.75) is 32.1 Å². The monoisotopic (exact) mass is 341 g/mol. The highest BCUT2D eigenvalue weighted by molar-refractivity contribution is 6.90. The number of nitrogens with one attached hydrogen (secondary N) is 1. The van der Waals surface area contributed by atoms with Gasteiger partial charge in [0.05, 0.1) is 8.07 Å². The molecule has 0 aliphatic heterocycles. The Hall–Kier alpha value is -0.996. The minimum absolute atomic E-state index is 0.0544. The smallest absolute Gasteiger partial charge is 0.377 e. The first-order valence-electron chi connectivity index (χ1n) is 7.32. The lowest BCUT2D eigenvalue weighted by Gasteiger charge is -2.29. The molecule has 0 atom stereocenters. The third-order valence-corrected chi connectivity index (χ3v) is 10.6. The summed E-state index contributed by atoms with van der Waals surface area (Å²) in [6, 6.07) is 9.89. The summed E-state index contributed by atoms with van der Waals surface area (Å²) in [7, 11) is 0.720. The number of benzene rings is 1. The van der Waals surface area contributed by atoms with Crippen LogP contribution in [0.15, 0.2) is 24.3 Å². The van der Waals surface area contributed by atoms with E-state index in [1.54, 1.807) is 21.3 Å². The van der Waals surface area contributed by atoms with E-state index >= 15 is 0 Å². The second-order valence-electron chi connectivity index (χ2n) is 5.94. The standard InChI is InChI=1S/C15H27NO4Si2/c1-13(17)16-14-8-7-9-15(12-14)21(5,6)10-11-22(18-2,19-3)20-4/h7-9,12H,10-11H2,1-6H3,(H,16,17). The van der Waals surface area contributed by atoms with Crippen molar-refractivity contribution in [1.29, 1.82) is 0 Å². The molecule has 7 heteroatoms. The number of amides is 1. The van der Waals surface area contributed by atoms with Crippen molar-refractivity contribution in [3.63, 3.8) is 0 Å². The van der Waals surface area contributed by atoms with E-state index in [0.717, 1.165) is 17.8 Å². The largest absolute Gasteiger partial charge is 0.499 e. The fraction of sp³-hybridized carbons (Fsp3) is 0.533. The molecular weight excluding hydrogens is 314 g/mol. The first-order valence-corrected chi connectivity index (χ1v) is 12.5. The van der Waals surface area contributed by atoms with Crippen molar-refractivity contribution in [1.82, 2.24) is 0 Å². The Bertz CT molecular complexity index is 496. The van der Waals surface area contributed by atoms with Crippen LogP contribution in [0.4, 0.5) is 5.69 Å². The number of carbonyl (C=O) groups excluding carboxylic acids is 1. The van der Waals surface area contributed by atoms with Crippen molar-refractivity contribution in [2.75, 3.05) is 26.6 Å². The lowest BCUT2D eigenvalue weighted by atomic mass is 10.3. The van der Waals surface area contributed by atoms with Gasteiger partial charge in [-0.05, 0) is 18.2 Å². The van der Waals surface area contributed by atoms with E-state index in [0.29, 0.717) is 0 Å². The Morgan fingerprint density at radius 1 is 1.09 bits per heavy atom. The SMILES string of the molecule is CO[Si](CC[Si](C)(C)c1cccc(NC(C)=O)c1)(OC)OC. The normalized spacial score (nSPS) is 12.3. The Morgan fingerprint density at radius 2 is 1.68 bits per heavy atom. The van der Waals surface area contributed by atoms with E-state index in [4.69, 9.17) is 13.3 Å². The zero-order valence-electron chi connectivity index (χ0n) is 14.4. The molecule has 124 valence electrons. The van der Waals surface area contributed by atoms with E-state index in [1.807, 2.05) is 12.1 Å². The van der Waals surface area contributed by atoms with Crippen molar-refractivity contribution in [3.8, 4) is 0 Å². The van der Waals surface area contributed by atoms with Gasteiger partial charge in [0.1, 0.15) is 0 Å². The van der Waals surface area contributed by atoms with Crippen molar-refractivity contribution < 1.29 is 18.1 Å². The number of hydrogen-bond acceptors (Lipinski definition) is 4. The first kappa shape index (κ1) is 19.1. The van der Waals surface area contributed by atoms with Gasteiger partial charge in [-0.15, -0.1) is 0 Å². The molecule has 0 aliphatic carbocycles.